The van der Waals surface area contributed by atoms with Gasteiger partial charge < -0.3 is 5.21 Å². The maximum atomic E-state index is 8.16. The van der Waals surface area contributed by atoms with Crippen molar-refractivity contribution in [1.82, 2.24) is 0 Å². The minimum atomic E-state index is 0.0185. The van der Waals surface area contributed by atoms with E-state index >= 15 is 0 Å². The van der Waals surface area contributed by atoms with Crippen LogP contribution < -0.4 is 0 Å². The fourth-order valence-corrected chi connectivity index (χ4v) is 0.267. The van der Waals surface area contributed by atoms with Crippen molar-refractivity contribution in [3.05, 3.63) is 0 Å². The summed E-state index contributed by atoms with van der Waals surface area (Å²) in [6, 6.07) is 1.75. The second kappa shape index (κ2) is 3.03. The summed E-state index contributed by atoms with van der Waals surface area (Å²) in [5, 5.41) is 19.0. The van der Waals surface area contributed by atoms with Gasteiger partial charge in [0.2, 0.25) is 0 Å². The van der Waals surface area contributed by atoms with Crippen molar-refractivity contribution in [3.63, 3.8) is 0 Å². The molecule has 0 amide bonds. The van der Waals surface area contributed by atoms with Crippen LogP contribution in [-0.4, -0.2) is 10.9 Å². The highest BCUT2D eigenvalue weighted by Gasteiger charge is 2.01. The molecule has 0 aliphatic carbocycles. The zero-order valence-corrected chi connectivity index (χ0v) is 4.92. The van der Waals surface area contributed by atoms with E-state index in [9.17, 15) is 0 Å². The Morgan fingerprint density at radius 2 is 2.25 bits per heavy atom. The number of nitriles is 1. The average Bonchev–Trinajstić information content (AvgIpc) is 1.69. The molecule has 44 valence electrons. The van der Waals surface area contributed by atoms with Crippen LogP contribution in [0.1, 0.15) is 13.8 Å². The third-order valence-corrected chi connectivity index (χ3v) is 0.769. The van der Waals surface area contributed by atoms with Crippen LogP contribution in [0, 0.1) is 17.2 Å². The Labute approximate surface area is 48.2 Å². The summed E-state index contributed by atoms with van der Waals surface area (Å²) < 4.78 is 0. The molecule has 0 fully saturated rings. The lowest BCUT2D eigenvalue weighted by atomic mass is 10.1. The summed E-state index contributed by atoms with van der Waals surface area (Å²) in [7, 11) is 0. The van der Waals surface area contributed by atoms with Crippen LogP contribution in [0.15, 0.2) is 5.16 Å². The van der Waals surface area contributed by atoms with Crippen molar-refractivity contribution >= 4 is 5.71 Å². The zero-order chi connectivity index (χ0) is 6.57. The van der Waals surface area contributed by atoms with Gasteiger partial charge in [0, 0.05) is 5.92 Å². The SMILES string of the molecule is CC(C)C(C#N)=NO. The predicted molar refractivity (Wildman–Crippen MR) is 29.7 cm³/mol. The Morgan fingerprint density at radius 3 is 2.25 bits per heavy atom. The highest BCUT2D eigenvalue weighted by Crippen LogP contribution is 1.93. The first-order chi connectivity index (χ1) is 3.72. The van der Waals surface area contributed by atoms with E-state index in [4.69, 9.17) is 10.5 Å². The van der Waals surface area contributed by atoms with Crippen molar-refractivity contribution in [2.45, 2.75) is 13.8 Å². The predicted octanol–water partition coefficient (Wildman–Crippen LogP) is 0.996. The maximum Gasteiger partial charge on any atom is 0.159 e. The van der Waals surface area contributed by atoms with Crippen LogP contribution in [0.3, 0.4) is 0 Å². The molecular formula is C5H8N2O. The van der Waals surface area contributed by atoms with Gasteiger partial charge in [0.15, 0.2) is 5.71 Å². The van der Waals surface area contributed by atoms with E-state index in [1.165, 1.54) is 0 Å². The third kappa shape index (κ3) is 1.61. The summed E-state index contributed by atoms with van der Waals surface area (Å²) in [6.45, 7) is 3.58. The minimum absolute atomic E-state index is 0.0185. The van der Waals surface area contributed by atoms with Gasteiger partial charge in [-0.3, -0.25) is 0 Å². The van der Waals surface area contributed by atoms with Gasteiger partial charge in [-0.2, -0.15) is 5.26 Å². The molecule has 0 radical (unpaired) electrons. The van der Waals surface area contributed by atoms with Crippen molar-refractivity contribution in [2.24, 2.45) is 11.1 Å². The topological polar surface area (TPSA) is 56.4 Å². The standard InChI is InChI=1S/C5H8N2O/c1-4(2)5(3-6)7-8/h4,8H,1-2H3. The summed E-state index contributed by atoms with van der Waals surface area (Å²) in [5.41, 5.74) is 0.171. The molecule has 0 saturated carbocycles. The summed E-state index contributed by atoms with van der Waals surface area (Å²) in [4.78, 5) is 0. The van der Waals surface area contributed by atoms with Gasteiger partial charge in [-0.15, -0.1) is 0 Å². The molecule has 0 bridgehead atoms. The van der Waals surface area contributed by atoms with Gasteiger partial charge in [0.05, 0.1) is 0 Å². The first kappa shape index (κ1) is 6.96. The summed E-state index contributed by atoms with van der Waals surface area (Å²) in [6.07, 6.45) is 0. The minimum Gasteiger partial charge on any atom is -0.410 e. The first-order valence-corrected chi connectivity index (χ1v) is 2.34. The van der Waals surface area contributed by atoms with Crippen LogP contribution in [0.4, 0.5) is 0 Å². The Balaban J connectivity index is 3.98. The van der Waals surface area contributed by atoms with Gasteiger partial charge in [-0.1, -0.05) is 19.0 Å². The lowest BCUT2D eigenvalue weighted by Crippen LogP contribution is -2.02. The van der Waals surface area contributed by atoms with E-state index in [0.29, 0.717) is 0 Å². The Morgan fingerprint density at radius 1 is 1.75 bits per heavy atom. The second-order valence-corrected chi connectivity index (χ2v) is 1.75. The largest absolute Gasteiger partial charge is 0.410 e. The van der Waals surface area contributed by atoms with Gasteiger partial charge >= 0.3 is 0 Å². The fourth-order valence-electron chi connectivity index (χ4n) is 0.267. The molecule has 0 aliphatic rings. The normalized spacial score (nSPS) is 11.5. The average molecular weight is 112 g/mol. The third-order valence-electron chi connectivity index (χ3n) is 0.769. The molecule has 0 aromatic carbocycles. The van der Waals surface area contributed by atoms with Crippen molar-refractivity contribution in [1.29, 1.82) is 5.26 Å². The van der Waals surface area contributed by atoms with Crippen LogP contribution in [0.25, 0.3) is 0 Å². The lowest BCUT2D eigenvalue weighted by Gasteiger charge is -1.93. The highest BCUT2D eigenvalue weighted by molar-refractivity contribution is 5.99. The van der Waals surface area contributed by atoms with Crippen molar-refractivity contribution in [3.8, 4) is 6.07 Å². The molecule has 1 N–H and O–H groups in total. The molecular weight excluding hydrogens is 104 g/mol. The van der Waals surface area contributed by atoms with Crippen LogP contribution in [-0.2, 0) is 0 Å². The molecule has 0 aromatic heterocycles. The molecule has 0 aliphatic heterocycles. The van der Waals surface area contributed by atoms with Crippen molar-refractivity contribution < 1.29 is 5.21 Å². The molecule has 0 unspecified atom stereocenters. The molecule has 0 atom stereocenters. The van der Waals surface area contributed by atoms with Crippen LogP contribution >= 0.6 is 0 Å². The second-order valence-electron chi connectivity index (χ2n) is 1.75. The lowest BCUT2D eigenvalue weighted by molar-refractivity contribution is 0.317. The van der Waals surface area contributed by atoms with E-state index in [0.717, 1.165) is 0 Å². The number of rotatable bonds is 1. The van der Waals surface area contributed by atoms with Gasteiger partial charge in [-0.25, -0.2) is 0 Å². The van der Waals surface area contributed by atoms with E-state index in [-0.39, 0.29) is 11.6 Å². The quantitative estimate of drug-likeness (QED) is 0.312. The maximum absolute atomic E-state index is 8.16. The van der Waals surface area contributed by atoms with E-state index < -0.39 is 0 Å². The van der Waals surface area contributed by atoms with Gasteiger partial charge in [0.1, 0.15) is 6.07 Å². The smallest absolute Gasteiger partial charge is 0.159 e. The molecule has 0 spiro atoms. The zero-order valence-electron chi connectivity index (χ0n) is 4.92. The highest BCUT2D eigenvalue weighted by atomic mass is 16.4. The number of nitrogens with zero attached hydrogens (tertiary/aromatic N) is 2. The Kier molecular flexibility index (Phi) is 2.63. The first-order valence-electron chi connectivity index (χ1n) is 2.34. The molecule has 3 heteroatoms. The molecule has 0 saturated heterocycles. The van der Waals surface area contributed by atoms with E-state index in [2.05, 4.69) is 5.16 Å². The summed E-state index contributed by atoms with van der Waals surface area (Å²) in [5.74, 6) is 0.0185. The summed E-state index contributed by atoms with van der Waals surface area (Å²) >= 11 is 0. The Bertz CT molecular complexity index is 132. The Hall–Kier alpha value is -1.04. The molecule has 0 aromatic rings. The van der Waals surface area contributed by atoms with Gasteiger partial charge in [0.25, 0.3) is 0 Å². The molecule has 8 heavy (non-hydrogen) atoms. The molecule has 0 rings (SSSR count). The van der Waals surface area contributed by atoms with Crippen LogP contribution in [0.5, 0.6) is 0 Å². The molecule has 3 nitrogen and oxygen atoms in total. The number of hydrogen-bond acceptors (Lipinski definition) is 3. The molecule has 0 heterocycles. The van der Waals surface area contributed by atoms with Crippen LogP contribution in [0.2, 0.25) is 0 Å². The van der Waals surface area contributed by atoms with Gasteiger partial charge in [-0.05, 0) is 0 Å². The monoisotopic (exact) mass is 112 g/mol. The number of hydrogen-bond donors (Lipinski definition) is 1. The van der Waals surface area contributed by atoms with E-state index in [1.54, 1.807) is 19.9 Å². The van der Waals surface area contributed by atoms with Crippen molar-refractivity contribution in [2.75, 3.05) is 0 Å². The number of oxime groups is 1. The fraction of sp³-hybridized carbons (Fsp3) is 0.600. The van der Waals surface area contributed by atoms with E-state index in [1.807, 2.05) is 0 Å².